The number of thiazole rings is 1. The van der Waals surface area contributed by atoms with Gasteiger partial charge in [-0.25, -0.2) is 13.4 Å². The molecule has 1 aliphatic heterocycles. The number of aryl methyl sites for hydroxylation is 1. The van der Waals surface area contributed by atoms with Gasteiger partial charge in [0, 0.05) is 29.8 Å². The molecule has 0 amide bonds. The number of nitrogens with zero attached hydrogens (tertiary/aromatic N) is 3. The maximum absolute atomic E-state index is 14.2. The summed E-state index contributed by atoms with van der Waals surface area (Å²) in [5.74, 6) is 0.418. The molecule has 0 spiro atoms. The van der Waals surface area contributed by atoms with Gasteiger partial charge >= 0.3 is 6.36 Å². The van der Waals surface area contributed by atoms with Crippen LogP contribution in [0.4, 0.5) is 13.2 Å². The lowest BCUT2D eigenvalue weighted by atomic mass is 9.88. The highest BCUT2D eigenvalue weighted by molar-refractivity contribution is 7.89. The lowest BCUT2D eigenvalue weighted by Crippen LogP contribution is -2.41. The predicted molar refractivity (Wildman–Crippen MR) is 130 cm³/mol. The van der Waals surface area contributed by atoms with Crippen LogP contribution in [-0.4, -0.2) is 49.2 Å². The molecule has 1 unspecified atom stereocenters. The van der Waals surface area contributed by atoms with Gasteiger partial charge < -0.3 is 14.2 Å². The molecule has 196 valence electrons. The van der Waals surface area contributed by atoms with Crippen LogP contribution >= 0.6 is 11.3 Å². The number of ether oxygens (including phenoxy) is 3. The molecule has 0 bridgehead atoms. The summed E-state index contributed by atoms with van der Waals surface area (Å²) in [5.41, 5.74) is 1.90. The molecule has 5 rings (SSSR count). The van der Waals surface area contributed by atoms with Gasteiger partial charge in [-0.3, -0.25) is 4.40 Å². The van der Waals surface area contributed by atoms with Crippen molar-refractivity contribution in [3.05, 3.63) is 70.4 Å². The molecule has 0 N–H and O–H groups in total. The fraction of sp³-hybridized carbons (Fsp3) is 0.292. The quantitative estimate of drug-likeness (QED) is 0.336. The number of hydrogen-bond donors (Lipinski definition) is 0. The number of imidazole rings is 1. The highest BCUT2D eigenvalue weighted by atomic mass is 32.2. The van der Waals surface area contributed by atoms with E-state index < -0.39 is 28.2 Å². The van der Waals surface area contributed by atoms with Crippen LogP contribution < -0.4 is 14.2 Å². The fourth-order valence-electron chi connectivity index (χ4n) is 4.73. The summed E-state index contributed by atoms with van der Waals surface area (Å²) in [6.45, 7) is 1.68. The molecule has 13 heteroatoms. The highest BCUT2D eigenvalue weighted by Gasteiger charge is 2.42. The molecule has 0 saturated carbocycles. The van der Waals surface area contributed by atoms with E-state index in [1.807, 2.05) is 0 Å². The van der Waals surface area contributed by atoms with Crippen LogP contribution in [0.2, 0.25) is 0 Å². The third-order valence-corrected chi connectivity index (χ3v) is 8.91. The molecule has 0 fully saturated rings. The van der Waals surface area contributed by atoms with Gasteiger partial charge in [-0.15, -0.1) is 24.5 Å². The van der Waals surface area contributed by atoms with Crippen molar-refractivity contribution >= 4 is 26.3 Å². The zero-order chi connectivity index (χ0) is 26.5. The van der Waals surface area contributed by atoms with Crippen molar-refractivity contribution in [3.63, 3.8) is 0 Å². The Labute approximate surface area is 214 Å². The molecule has 0 aliphatic carbocycles. The second-order valence-corrected chi connectivity index (χ2v) is 11.0. The summed E-state index contributed by atoms with van der Waals surface area (Å²) in [7, 11) is -1.24. The first-order valence-electron chi connectivity index (χ1n) is 11.1. The van der Waals surface area contributed by atoms with E-state index in [1.54, 1.807) is 36.7 Å². The van der Waals surface area contributed by atoms with Crippen LogP contribution in [-0.2, 0) is 16.4 Å². The average Bonchev–Trinajstić information content (AvgIpc) is 3.41. The minimum Gasteiger partial charge on any atom is -0.497 e. The molecule has 37 heavy (non-hydrogen) atoms. The first kappa shape index (κ1) is 25.4. The third-order valence-electron chi connectivity index (χ3n) is 6.16. The van der Waals surface area contributed by atoms with Gasteiger partial charge in [0.25, 0.3) is 10.0 Å². The van der Waals surface area contributed by atoms with Gasteiger partial charge in [0.2, 0.25) is 0 Å². The molecule has 1 atom stereocenters. The molecule has 0 saturated heterocycles. The number of hydrogen-bond acceptors (Lipinski definition) is 7. The number of rotatable bonds is 6. The minimum atomic E-state index is -4.90. The van der Waals surface area contributed by atoms with Gasteiger partial charge in [-0.05, 0) is 42.7 Å². The first-order chi connectivity index (χ1) is 17.5. The Hall–Kier alpha value is -3.29. The van der Waals surface area contributed by atoms with E-state index in [2.05, 4.69) is 9.72 Å². The Morgan fingerprint density at radius 3 is 2.59 bits per heavy atom. The van der Waals surface area contributed by atoms with Crippen molar-refractivity contribution in [2.45, 2.75) is 30.8 Å². The molecule has 4 aromatic rings. The fourth-order valence-corrected chi connectivity index (χ4v) is 7.42. The normalized spacial score (nSPS) is 16.5. The van der Waals surface area contributed by atoms with Crippen molar-refractivity contribution in [1.82, 2.24) is 13.7 Å². The van der Waals surface area contributed by atoms with E-state index in [0.29, 0.717) is 39.7 Å². The van der Waals surface area contributed by atoms with Gasteiger partial charge in [0.05, 0.1) is 26.0 Å². The summed E-state index contributed by atoms with van der Waals surface area (Å²) in [5, 5.41) is 1.74. The maximum Gasteiger partial charge on any atom is 0.573 e. The van der Waals surface area contributed by atoms with E-state index in [-0.39, 0.29) is 11.6 Å². The average molecular weight is 554 g/mol. The second kappa shape index (κ2) is 9.23. The lowest BCUT2D eigenvalue weighted by molar-refractivity contribution is -0.274. The zero-order valence-corrected chi connectivity index (χ0v) is 21.6. The van der Waals surface area contributed by atoms with Crippen LogP contribution in [0, 0.1) is 6.92 Å². The molecular formula is C24H22F3N3O5S2. The molecular weight excluding hydrogens is 531 g/mol. The topological polar surface area (TPSA) is 82.4 Å². The van der Waals surface area contributed by atoms with Crippen LogP contribution in [0.3, 0.4) is 0 Å². The van der Waals surface area contributed by atoms with E-state index in [1.165, 1.54) is 52.5 Å². The number of fused-ring (bicyclic) bond motifs is 2. The smallest absolute Gasteiger partial charge is 0.497 e. The van der Waals surface area contributed by atoms with Crippen molar-refractivity contribution in [3.8, 4) is 17.2 Å². The molecule has 1 aliphatic rings. The van der Waals surface area contributed by atoms with Gasteiger partial charge in [-0.1, -0.05) is 12.1 Å². The zero-order valence-electron chi connectivity index (χ0n) is 19.9. The molecule has 0 radical (unpaired) electrons. The summed E-state index contributed by atoms with van der Waals surface area (Å²) >= 11 is 1.30. The molecule has 3 heterocycles. The predicted octanol–water partition coefficient (Wildman–Crippen LogP) is 4.96. The Morgan fingerprint density at radius 2 is 1.89 bits per heavy atom. The van der Waals surface area contributed by atoms with Crippen molar-refractivity contribution in [2.75, 3.05) is 20.8 Å². The van der Waals surface area contributed by atoms with Crippen LogP contribution in [0.1, 0.15) is 28.4 Å². The molecule has 8 nitrogen and oxygen atoms in total. The standard InChI is InChI=1S/C24H22F3N3O5S2/c1-14-22(29-9-10-36-23(29)28-14)37(31,32)30-8-7-15-11-18(33-2)13-19(34-3)20(15)21(30)16-5-4-6-17(12-16)35-24(25,26)27/h4-6,9-13,21H,7-8H2,1-3H3. The van der Waals surface area contributed by atoms with E-state index in [4.69, 9.17) is 9.47 Å². The SMILES string of the molecule is COc1cc2c(c(OC)c1)C(c1cccc(OC(F)(F)F)c1)N(S(=O)(=O)c1c(C)nc3sccn13)CC2. The third kappa shape index (κ3) is 4.51. The van der Waals surface area contributed by atoms with Crippen LogP contribution in [0.15, 0.2) is 53.0 Å². The van der Waals surface area contributed by atoms with Crippen LogP contribution in [0.5, 0.6) is 17.2 Å². The van der Waals surface area contributed by atoms with E-state index >= 15 is 0 Å². The first-order valence-corrected chi connectivity index (χ1v) is 13.4. The maximum atomic E-state index is 14.2. The van der Waals surface area contributed by atoms with Gasteiger partial charge in [-0.2, -0.15) is 4.31 Å². The van der Waals surface area contributed by atoms with Gasteiger partial charge in [0.15, 0.2) is 9.99 Å². The van der Waals surface area contributed by atoms with Crippen molar-refractivity contribution in [2.24, 2.45) is 0 Å². The minimum absolute atomic E-state index is 0.00683. The monoisotopic (exact) mass is 553 g/mol. The number of alkyl halides is 3. The largest absolute Gasteiger partial charge is 0.573 e. The Balaban J connectivity index is 1.73. The summed E-state index contributed by atoms with van der Waals surface area (Å²) in [6.07, 6.45) is -2.94. The lowest BCUT2D eigenvalue weighted by Gasteiger charge is -2.37. The Kier molecular flexibility index (Phi) is 6.32. The summed E-state index contributed by atoms with van der Waals surface area (Å²) in [4.78, 5) is 4.90. The number of halogens is 3. The number of aromatic nitrogens is 2. The number of methoxy groups -OCH3 is 2. The van der Waals surface area contributed by atoms with E-state index in [0.717, 1.165) is 5.56 Å². The van der Waals surface area contributed by atoms with E-state index in [9.17, 15) is 21.6 Å². The van der Waals surface area contributed by atoms with Crippen molar-refractivity contribution in [1.29, 1.82) is 0 Å². The molecule has 2 aromatic heterocycles. The molecule has 2 aromatic carbocycles. The van der Waals surface area contributed by atoms with Gasteiger partial charge in [0.1, 0.15) is 17.2 Å². The second-order valence-electron chi connectivity index (χ2n) is 8.35. The number of benzene rings is 2. The summed E-state index contributed by atoms with van der Waals surface area (Å²) in [6, 6.07) is 7.73. The number of sulfonamides is 1. The van der Waals surface area contributed by atoms with Crippen molar-refractivity contribution < 1.29 is 35.8 Å². The Bertz CT molecular complexity index is 1560. The summed E-state index contributed by atoms with van der Waals surface area (Å²) < 4.78 is 85.3. The van der Waals surface area contributed by atoms with Crippen LogP contribution in [0.25, 0.3) is 4.96 Å². The Morgan fingerprint density at radius 1 is 1.11 bits per heavy atom. The highest BCUT2D eigenvalue weighted by Crippen LogP contribution is 2.46.